The Kier molecular flexibility index (Phi) is 6.22. The van der Waals surface area contributed by atoms with Crippen molar-refractivity contribution in [2.75, 3.05) is 11.9 Å². The number of carbonyl (C=O) groups is 2. The van der Waals surface area contributed by atoms with Crippen molar-refractivity contribution in [2.45, 2.75) is 12.8 Å². The molecule has 1 aromatic carbocycles. The molecule has 2 heterocycles. The zero-order chi connectivity index (χ0) is 20.1. The molecule has 1 saturated heterocycles. The first-order valence-electron chi connectivity index (χ1n) is 8.28. The van der Waals surface area contributed by atoms with Gasteiger partial charge in [0.05, 0.1) is 16.1 Å². The zero-order valence-electron chi connectivity index (χ0n) is 14.5. The number of thiocarbonyl (C=S) groups is 1. The highest BCUT2D eigenvalue weighted by Gasteiger charge is 2.31. The van der Waals surface area contributed by atoms with Crippen molar-refractivity contribution in [1.29, 1.82) is 0 Å². The quantitative estimate of drug-likeness (QED) is 0.316. The third kappa shape index (κ3) is 4.65. The molecule has 0 radical (unpaired) electrons. The van der Waals surface area contributed by atoms with E-state index in [0.29, 0.717) is 21.4 Å². The minimum absolute atomic E-state index is 0.0976. The largest absolute Gasteiger partial charge is 0.465 e. The highest BCUT2D eigenvalue weighted by Crippen LogP contribution is 2.32. The van der Waals surface area contributed by atoms with E-state index in [1.165, 1.54) is 41.1 Å². The second kappa shape index (κ2) is 8.81. The third-order valence-electron chi connectivity index (χ3n) is 3.85. The van der Waals surface area contributed by atoms with E-state index in [-0.39, 0.29) is 36.2 Å². The Bertz CT molecular complexity index is 956. The van der Waals surface area contributed by atoms with Crippen molar-refractivity contribution in [3.8, 4) is 0 Å². The van der Waals surface area contributed by atoms with Gasteiger partial charge in [0, 0.05) is 25.1 Å². The minimum Gasteiger partial charge on any atom is -0.465 e. The fourth-order valence-electron chi connectivity index (χ4n) is 2.54. The molecule has 3 rings (SSSR count). The number of thioether (sulfide) groups is 1. The van der Waals surface area contributed by atoms with Crippen molar-refractivity contribution >= 4 is 57.6 Å². The van der Waals surface area contributed by atoms with Gasteiger partial charge in [-0.05, 0) is 24.6 Å². The number of para-hydroxylation sites is 2. The smallest absolute Gasteiger partial charge is 0.292 e. The molecule has 1 aliphatic heterocycles. The summed E-state index contributed by atoms with van der Waals surface area (Å²) in [4.78, 5) is 36.9. The number of amides is 2. The summed E-state index contributed by atoms with van der Waals surface area (Å²) >= 11 is 6.42. The van der Waals surface area contributed by atoms with Crippen LogP contribution in [0.5, 0.6) is 0 Å². The lowest BCUT2D eigenvalue weighted by molar-refractivity contribution is -0.383. The Balaban J connectivity index is 1.54. The normalized spacial score (nSPS) is 15.3. The van der Waals surface area contributed by atoms with Crippen LogP contribution in [0.3, 0.4) is 0 Å². The standard InChI is InChI=1S/C18H15N3O5S2/c22-16(19-13-6-1-2-7-14(13)21(24)25)8-3-9-20-17(23)15(28-18(20)27)11-12-5-4-10-26-12/h1-2,4-7,10-11H,3,8-9H2,(H,19,22). The van der Waals surface area contributed by atoms with Crippen LogP contribution >= 0.6 is 24.0 Å². The van der Waals surface area contributed by atoms with E-state index in [1.807, 2.05) is 0 Å². The Hall–Kier alpha value is -2.98. The molecule has 1 N–H and O–H groups in total. The maximum Gasteiger partial charge on any atom is 0.292 e. The van der Waals surface area contributed by atoms with E-state index in [9.17, 15) is 19.7 Å². The molecule has 0 aliphatic carbocycles. The van der Waals surface area contributed by atoms with Gasteiger partial charge in [0.25, 0.3) is 11.6 Å². The first kappa shape index (κ1) is 19.8. The molecule has 0 saturated carbocycles. The molecule has 0 atom stereocenters. The molecule has 144 valence electrons. The molecule has 2 amide bonds. The zero-order valence-corrected chi connectivity index (χ0v) is 16.1. The Labute approximate surface area is 169 Å². The van der Waals surface area contributed by atoms with E-state index < -0.39 is 4.92 Å². The first-order chi connectivity index (χ1) is 13.5. The third-order valence-corrected chi connectivity index (χ3v) is 5.23. The summed E-state index contributed by atoms with van der Waals surface area (Å²) in [5.41, 5.74) is -0.0275. The molecule has 2 aromatic rings. The molecule has 28 heavy (non-hydrogen) atoms. The topological polar surface area (TPSA) is 106 Å². The van der Waals surface area contributed by atoms with Crippen LogP contribution in [0.15, 0.2) is 52.0 Å². The second-order valence-corrected chi connectivity index (χ2v) is 7.45. The summed E-state index contributed by atoms with van der Waals surface area (Å²) in [5, 5.41) is 13.5. The van der Waals surface area contributed by atoms with Crippen LogP contribution in [0.1, 0.15) is 18.6 Å². The number of hydrogen-bond acceptors (Lipinski definition) is 7. The van der Waals surface area contributed by atoms with Gasteiger partial charge in [-0.15, -0.1) is 0 Å². The van der Waals surface area contributed by atoms with Gasteiger partial charge in [0.1, 0.15) is 15.8 Å². The molecule has 10 heteroatoms. The van der Waals surface area contributed by atoms with Crippen molar-refractivity contribution in [3.63, 3.8) is 0 Å². The Morgan fingerprint density at radius 1 is 1.32 bits per heavy atom. The van der Waals surface area contributed by atoms with E-state index >= 15 is 0 Å². The Morgan fingerprint density at radius 2 is 2.11 bits per heavy atom. The number of nitrogens with one attached hydrogen (secondary N) is 1. The lowest BCUT2D eigenvalue weighted by Crippen LogP contribution is -2.29. The number of furan rings is 1. The van der Waals surface area contributed by atoms with Crippen LogP contribution < -0.4 is 5.32 Å². The van der Waals surface area contributed by atoms with Gasteiger partial charge in [-0.25, -0.2) is 0 Å². The number of carbonyl (C=O) groups excluding carboxylic acids is 2. The van der Waals surface area contributed by atoms with Crippen LogP contribution in [-0.4, -0.2) is 32.5 Å². The summed E-state index contributed by atoms with van der Waals surface area (Å²) in [6.45, 7) is 0.282. The van der Waals surface area contributed by atoms with Gasteiger partial charge in [0.2, 0.25) is 5.91 Å². The number of benzene rings is 1. The number of hydrogen-bond donors (Lipinski definition) is 1. The lowest BCUT2D eigenvalue weighted by atomic mass is 10.2. The number of rotatable bonds is 7. The molecule has 0 unspecified atom stereocenters. The fourth-order valence-corrected chi connectivity index (χ4v) is 3.83. The van der Waals surface area contributed by atoms with E-state index in [0.717, 1.165) is 0 Å². The monoisotopic (exact) mass is 417 g/mol. The van der Waals surface area contributed by atoms with Gasteiger partial charge >= 0.3 is 0 Å². The van der Waals surface area contributed by atoms with Crippen LogP contribution in [0.4, 0.5) is 11.4 Å². The average Bonchev–Trinajstić information content (AvgIpc) is 3.26. The van der Waals surface area contributed by atoms with Crippen LogP contribution in [0.2, 0.25) is 0 Å². The molecule has 1 aromatic heterocycles. The molecular formula is C18H15N3O5S2. The van der Waals surface area contributed by atoms with Crippen molar-refractivity contribution in [1.82, 2.24) is 4.90 Å². The molecular weight excluding hydrogens is 402 g/mol. The number of nitro benzene ring substituents is 1. The predicted molar refractivity (Wildman–Crippen MR) is 110 cm³/mol. The van der Waals surface area contributed by atoms with Crippen LogP contribution in [0, 0.1) is 10.1 Å². The van der Waals surface area contributed by atoms with Crippen molar-refractivity contribution in [2.24, 2.45) is 0 Å². The van der Waals surface area contributed by atoms with Gasteiger partial charge in [0.15, 0.2) is 0 Å². The summed E-state index contributed by atoms with van der Waals surface area (Å²) in [7, 11) is 0. The van der Waals surface area contributed by atoms with Gasteiger partial charge in [-0.3, -0.25) is 24.6 Å². The van der Waals surface area contributed by atoms with Crippen molar-refractivity contribution in [3.05, 3.63) is 63.4 Å². The van der Waals surface area contributed by atoms with E-state index in [2.05, 4.69) is 5.32 Å². The first-order valence-corrected chi connectivity index (χ1v) is 9.50. The number of nitrogens with zero attached hydrogens (tertiary/aromatic N) is 2. The minimum atomic E-state index is -0.555. The average molecular weight is 417 g/mol. The molecule has 0 bridgehead atoms. The van der Waals surface area contributed by atoms with Crippen LogP contribution in [-0.2, 0) is 9.59 Å². The number of anilines is 1. The molecule has 8 nitrogen and oxygen atoms in total. The highest BCUT2D eigenvalue weighted by atomic mass is 32.2. The predicted octanol–water partition coefficient (Wildman–Crippen LogP) is 3.81. The maximum absolute atomic E-state index is 12.5. The van der Waals surface area contributed by atoms with E-state index in [4.69, 9.17) is 16.6 Å². The Morgan fingerprint density at radius 3 is 2.82 bits per heavy atom. The van der Waals surface area contributed by atoms with Gasteiger partial charge < -0.3 is 9.73 Å². The summed E-state index contributed by atoms with van der Waals surface area (Å²) in [5.74, 6) is -0.0410. The second-order valence-electron chi connectivity index (χ2n) is 5.77. The molecule has 1 aliphatic rings. The summed E-state index contributed by atoms with van der Waals surface area (Å²) < 4.78 is 5.62. The summed E-state index contributed by atoms with van der Waals surface area (Å²) in [6.07, 6.45) is 3.61. The van der Waals surface area contributed by atoms with Gasteiger partial charge in [-0.2, -0.15) is 0 Å². The fraction of sp³-hybridized carbons (Fsp3) is 0.167. The maximum atomic E-state index is 12.5. The van der Waals surface area contributed by atoms with E-state index in [1.54, 1.807) is 24.3 Å². The molecule has 0 spiro atoms. The summed E-state index contributed by atoms with van der Waals surface area (Å²) in [6, 6.07) is 9.38. The SMILES string of the molecule is O=C(CCCN1C(=O)C(=Cc2ccco2)SC1=S)Nc1ccccc1[N+](=O)[O-]. The molecule has 1 fully saturated rings. The number of nitro groups is 1. The van der Waals surface area contributed by atoms with Crippen molar-refractivity contribution < 1.29 is 18.9 Å². The van der Waals surface area contributed by atoms with Gasteiger partial charge in [-0.1, -0.05) is 36.1 Å². The highest BCUT2D eigenvalue weighted by molar-refractivity contribution is 8.26. The van der Waals surface area contributed by atoms with Crippen LogP contribution in [0.25, 0.3) is 6.08 Å². The lowest BCUT2D eigenvalue weighted by Gasteiger charge is -2.14.